The number of carbonyl (C=O) groups excluding carboxylic acids is 1. The first-order valence-electron chi connectivity index (χ1n) is 10.3. The van der Waals surface area contributed by atoms with E-state index in [4.69, 9.17) is 26.8 Å². The molecule has 0 aliphatic carbocycles. The van der Waals surface area contributed by atoms with Crippen LogP contribution in [0, 0.1) is 12.8 Å². The van der Waals surface area contributed by atoms with Crippen molar-refractivity contribution in [2.24, 2.45) is 5.92 Å². The van der Waals surface area contributed by atoms with Crippen LogP contribution in [-0.2, 0) is 4.74 Å². The normalized spacial score (nSPS) is 25.2. The van der Waals surface area contributed by atoms with Crippen molar-refractivity contribution in [3.63, 3.8) is 0 Å². The van der Waals surface area contributed by atoms with Crippen LogP contribution < -0.4 is 15.8 Å². The van der Waals surface area contributed by atoms with Gasteiger partial charge in [-0.05, 0) is 45.2 Å². The van der Waals surface area contributed by atoms with Crippen LogP contribution in [-0.4, -0.2) is 68.0 Å². The molecular weight excluding hydrogens is 394 g/mol. The second-order valence-electron chi connectivity index (χ2n) is 8.03. The highest BCUT2D eigenvalue weighted by molar-refractivity contribution is 6.33. The zero-order chi connectivity index (χ0) is 21.0. The van der Waals surface area contributed by atoms with Crippen molar-refractivity contribution >= 4 is 23.2 Å². The number of piperidine rings is 1. The summed E-state index contributed by atoms with van der Waals surface area (Å²) >= 11 is 6.14. The quantitative estimate of drug-likeness (QED) is 0.579. The minimum atomic E-state index is -0.466. The number of likely N-dealkylation sites (tertiary alicyclic amines) is 1. The molecule has 3 rings (SSSR count). The van der Waals surface area contributed by atoms with Gasteiger partial charge in [0, 0.05) is 37.7 Å². The maximum Gasteiger partial charge on any atom is 0.255 e. The average molecular weight is 426 g/mol. The van der Waals surface area contributed by atoms with Gasteiger partial charge in [-0.25, -0.2) is 0 Å². The molecule has 2 aliphatic heterocycles. The Kier molecular flexibility index (Phi) is 7.62. The van der Waals surface area contributed by atoms with Crippen LogP contribution in [0.2, 0.25) is 5.02 Å². The summed E-state index contributed by atoms with van der Waals surface area (Å²) in [4.78, 5) is 15.0. The molecule has 162 valence electrons. The molecule has 0 spiro atoms. The number of β-amino-alcohol motifs (C(OH)–C–C–N with tert-alkyl or cyclic N) is 1. The second-order valence-corrected chi connectivity index (χ2v) is 8.44. The third-order valence-electron chi connectivity index (χ3n) is 6.09. The number of nitrogens with two attached hydrogens (primary N) is 1. The van der Waals surface area contributed by atoms with E-state index in [0.717, 1.165) is 45.4 Å². The molecule has 2 fully saturated rings. The Bertz CT molecular complexity index is 724. The summed E-state index contributed by atoms with van der Waals surface area (Å²) in [5.41, 5.74) is 7.33. The number of methoxy groups -OCH3 is 1. The van der Waals surface area contributed by atoms with E-state index >= 15 is 0 Å². The molecule has 1 aromatic rings. The number of anilines is 1. The van der Waals surface area contributed by atoms with E-state index in [1.165, 1.54) is 13.2 Å². The van der Waals surface area contributed by atoms with Crippen LogP contribution in [0.15, 0.2) is 6.07 Å². The highest BCUT2D eigenvalue weighted by Crippen LogP contribution is 2.34. The van der Waals surface area contributed by atoms with Crippen LogP contribution >= 0.6 is 11.6 Å². The lowest BCUT2D eigenvalue weighted by Gasteiger charge is -2.36. The fourth-order valence-electron chi connectivity index (χ4n) is 4.21. The number of carbonyl (C=O) groups is 1. The summed E-state index contributed by atoms with van der Waals surface area (Å²) in [5.74, 6) is 0.169. The minimum absolute atomic E-state index is 0.0225. The molecule has 4 N–H and O–H groups in total. The number of hydrogen-bond acceptors (Lipinski definition) is 6. The lowest BCUT2D eigenvalue weighted by atomic mass is 9.93. The number of hydrogen-bond donors (Lipinski definition) is 3. The first kappa shape index (κ1) is 22.2. The molecule has 0 aromatic heterocycles. The van der Waals surface area contributed by atoms with Gasteiger partial charge < -0.3 is 30.5 Å². The maximum atomic E-state index is 12.7. The second kappa shape index (κ2) is 9.98. The van der Waals surface area contributed by atoms with Gasteiger partial charge >= 0.3 is 0 Å². The number of aliphatic hydroxyl groups excluding tert-OH is 1. The van der Waals surface area contributed by atoms with Gasteiger partial charge in [-0.3, -0.25) is 4.79 Å². The Balaban J connectivity index is 1.51. The molecule has 2 saturated heterocycles. The number of nitrogen functional groups attached to an aromatic ring is 1. The number of rotatable bonds is 7. The maximum absolute atomic E-state index is 12.7. The number of nitrogens with zero attached hydrogens (tertiary/aromatic N) is 1. The van der Waals surface area contributed by atoms with E-state index < -0.39 is 6.10 Å². The van der Waals surface area contributed by atoms with Crippen molar-refractivity contribution in [3.05, 3.63) is 22.2 Å². The van der Waals surface area contributed by atoms with Gasteiger partial charge in [0.1, 0.15) is 5.75 Å². The summed E-state index contributed by atoms with van der Waals surface area (Å²) in [6, 6.07) is 1.53. The van der Waals surface area contributed by atoms with Crippen LogP contribution in [0.25, 0.3) is 0 Å². The number of benzene rings is 1. The monoisotopic (exact) mass is 425 g/mol. The van der Waals surface area contributed by atoms with Crippen LogP contribution in [0.3, 0.4) is 0 Å². The zero-order valence-corrected chi connectivity index (χ0v) is 18.0. The first-order valence-corrected chi connectivity index (χ1v) is 10.7. The summed E-state index contributed by atoms with van der Waals surface area (Å²) in [6.45, 7) is 5.54. The minimum Gasteiger partial charge on any atom is -0.496 e. The standard InChI is InChI=1S/C21H32ClN3O4/c1-13-19(23)17(22)10-16(20(13)28-2)21(27)24-11-14-5-7-25(12-18(14)26)8-6-15-4-3-9-29-15/h10,14-15,18,26H,3-9,11-12,23H2,1-2H3,(H,24,27). The predicted octanol–water partition coefficient (Wildman–Crippen LogP) is 2.22. The van der Waals surface area contributed by atoms with Gasteiger partial charge in [0.2, 0.25) is 0 Å². The van der Waals surface area contributed by atoms with Gasteiger partial charge in [-0.2, -0.15) is 0 Å². The summed E-state index contributed by atoms with van der Waals surface area (Å²) in [5, 5.41) is 13.8. The average Bonchev–Trinajstić information content (AvgIpc) is 3.23. The number of nitrogens with one attached hydrogen (secondary N) is 1. The molecule has 0 bridgehead atoms. The summed E-state index contributed by atoms with van der Waals surface area (Å²) in [6.07, 6.45) is 4.06. The molecule has 7 nitrogen and oxygen atoms in total. The highest BCUT2D eigenvalue weighted by atomic mass is 35.5. The fraction of sp³-hybridized carbons (Fsp3) is 0.667. The van der Waals surface area contributed by atoms with E-state index in [-0.39, 0.29) is 11.8 Å². The Labute approximate surface area is 177 Å². The van der Waals surface area contributed by atoms with Crippen LogP contribution in [0.4, 0.5) is 5.69 Å². The van der Waals surface area contributed by atoms with Gasteiger partial charge in [0.05, 0.1) is 35.6 Å². The Morgan fingerprint density at radius 1 is 1.48 bits per heavy atom. The van der Waals surface area contributed by atoms with Crippen LogP contribution in [0.1, 0.15) is 41.6 Å². The van der Waals surface area contributed by atoms with Gasteiger partial charge in [0.25, 0.3) is 5.91 Å². The van der Waals surface area contributed by atoms with E-state index in [0.29, 0.717) is 46.8 Å². The van der Waals surface area contributed by atoms with E-state index in [9.17, 15) is 9.90 Å². The Morgan fingerprint density at radius 3 is 2.93 bits per heavy atom. The number of aliphatic hydroxyl groups is 1. The van der Waals surface area contributed by atoms with Gasteiger partial charge in [0.15, 0.2) is 0 Å². The molecule has 0 saturated carbocycles. The van der Waals surface area contributed by atoms with E-state index in [2.05, 4.69) is 10.2 Å². The Hall–Kier alpha value is -1.54. The van der Waals surface area contributed by atoms with E-state index in [1.807, 2.05) is 0 Å². The number of amides is 1. The fourth-order valence-corrected chi connectivity index (χ4v) is 4.46. The molecule has 3 atom stereocenters. The van der Waals surface area contributed by atoms with Gasteiger partial charge in [-0.15, -0.1) is 0 Å². The summed E-state index contributed by atoms with van der Waals surface area (Å²) < 4.78 is 11.0. The van der Waals surface area contributed by atoms with Crippen molar-refractivity contribution in [3.8, 4) is 5.75 Å². The number of halogens is 1. The third kappa shape index (κ3) is 5.34. The van der Waals surface area contributed by atoms with Gasteiger partial charge in [-0.1, -0.05) is 11.6 Å². The molecule has 1 aromatic carbocycles. The smallest absolute Gasteiger partial charge is 0.255 e. The molecule has 8 heteroatoms. The lowest BCUT2D eigenvalue weighted by Crippen LogP contribution is -2.48. The summed E-state index contributed by atoms with van der Waals surface area (Å²) in [7, 11) is 1.50. The van der Waals surface area contributed by atoms with Crippen molar-refractivity contribution in [2.45, 2.75) is 44.8 Å². The third-order valence-corrected chi connectivity index (χ3v) is 6.40. The number of ether oxygens (including phenoxy) is 2. The molecule has 2 heterocycles. The lowest BCUT2D eigenvalue weighted by molar-refractivity contribution is 0.0140. The SMILES string of the molecule is COc1c(C(=O)NCC2CCN(CCC3CCCO3)CC2O)cc(Cl)c(N)c1C. The van der Waals surface area contributed by atoms with Crippen molar-refractivity contribution in [1.82, 2.24) is 10.2 Å². The molecule has 0 radical (unpaired) electrons. The first-order chi connectivity index (χ1) is 13.9. The molecule has 3 unspecified atom stereocenters. The van der Waals surface area contributed by atoms with E-state index in [1.54, 1.807) is 6.92 Å². The molecule has 2 aliphatic rings. The molecular formula is C21H32ClN3O4. The highest BCUT2D eigenvalue weighted by Gasteiger charge is 2.29. The van der Waals surface area contributed by atoms with Crippen molar-refractivity contribution in [1.29, 1.82) is 0 Å². The predicted molar refractivity (Wildman–Crippen MR) is 114 cm³/mol. The van der Waals surface area contributed by atoms with Crippen molar-refractivity contribution < 1.29 is 19.4 Å². The van der Waals surface area contributed by atoms with Crippen LogP contribution in [0.5, 0.6) is 5.75 Å². The molecule has 29 heavy (non-hydrogen) atoms. The van der Waals surface area contributed by atoms with Crippen molar-refractivity contribution in [2.75, 3.05) is 45.6 Å². The zero-order valence-electron chi connectivity index (χ0n) is 17.2. The largest absolute Gasteiger partial charge is 0.496 e. The molecule has 1 amide bonds. The topological polar surface area (TPSA) is 97.0 Å². The Morgan fingerprint density at radius 2 is 2.28 bits per heavy atom.